The van der Waals surface area contributed by atoms with Crippen LogP contribution in [-0.2, 0) is 19.9 Å². The number of rotatable bonds is 10. The molecule has 2 aromatic rings. The van der Waals surface area contributed by atoms with Crippen molar-refractivity contribution in [1.82, 2.24) is 15.5 Å². The van der Waals surface area contributed by atoms with E-state index in [4.69, 9.17) is 11.1 Å². The number of aliphatic carboxylic acids is 1. The molecule has 1 atom stereocenters. The van der Waals surface area contributed by atoms with Gasteiger partial charge in [-0.25, -0.2) is 0 Å². The number of benzene rings is 2. The molecule has 1 aliphatic rings. The summed E-state index contributed by atoms with van der Waals surface area (Å²) in [6.45, 7) is 0.642. The number of nitrogen functional groups attached to an aromatic ring is 1. The lowest BCUT2D eigenvalue weighted by atomic mass is 9.80. The van der Waals surface area contributed by atoms with E-state index in [1.807, 2.05) is 0 Å². The van der Waals surface area contributed by atoms with Crippen LogP contribution in [0.1, 0.15) is 40.7 Å². The molecule has 3 rings (SSSR count). The summed E-state index contributed by atoms with van der Waals surface area (Å²) in [4.78, 5) is 50.6. The standard InChI is InChI=1S/C24H27N5O5/c25-20(26)16-7-9-17(10-8-16)21(32)27-12-4-11-24(15-19(30)31,18-5-2-1-3-6-18)29-14-13-28-22(33)23(29)34/h1-3,5-10H,4,11-15H2,(H3,25,26)(H,27,32)(H,28,33)(H,30,31). The molecule has 0 saturated carbocycles. The minimum absolute atomic E-state index is 0.0939. The van der Waals surface area contributed by atoms with Crippen LogP contribution >= 0.6 is 0 Å². The molecule has 0 radical (unpaired) electrons. The van der Waals surface area contributed by atoms with Crippen molar-refractivity contribution in [1.29, 1.82) is 5.41 Å². The van der Waals surface area contributed by atoms with Gasteiger partial charge in [0, 0.05) is 30.8 Å². The Morgan fingerprint density at radius 1 is 1.09 bits per heavy atom. The molecule has 0 bridgehead atoms. The highest BCUT2D eigenvalue weighted by Crippen LogP contribution is 2.37. The lowest BCUT2D eigenvalue weighted by Crippen LogP contribution is -2.60. The van der Waals surface area contributed by atoms with Crippen LogP contribution < -0.4 is 16.4 Å². The van der Waals surface area contributed by atoms with Gasteiger partial charge in [0.2, 0.25) is 0 Å². The zero-order valence-electron chi connectivity index (χ0n) is 18.5. The third kappa shape index (κ3) is 5.40. The maximum atomic E-state index is 12.8. The van der Waals surface area contributed by atoms with Gasteiger partial charge in [-0.05, 0) is 30.5 Å². The third-order valence-electron chi connectivity index (χ3n) is 5.84. The van der Waals surface area contributed by atoms with Crippen molar-refractivity contribution < 1.29 is 24.3 Å². The first kappa shape index (κ1) is 24.4. The van der Waals surface area contributed by atoms with Crippen LogP contribution in [0.5, 0.6) is 0 Å². The summed E-state index contributed by atoms with van der Waals surface area (Å²) >= 11 is 0. The largest absolute Gasteiger partial charge is 0.481 e. The number of carboxylic acid groups (broad SMARTS) is 1. The van der Waals surface area contributed by atoms with E-state index < -0.39 is 23.3 Å². The maximum absolute atomic E-state index is 12.8. The molecule has 1 heterocycles. The lowest BCUT2D eigenvalue weighted by molar-refractivity contribution is -0.157. The van der Waals surface area contributed by atoms with E-state index in [0.29, 0.717) is 23.1 Å². The SMILES string of the molecule is N=C(N)c1ccc(C(=O)NCCCC(CC(=O)O)(c2ccccc2)N2CCNC(=O)C2=O)cc1. The molecule has 178 valence electrons. The summed E-state index contributed by atoms with van der Waals surface area (Å²) in [6.07, 6.45) is 0.215. The van der Waals surface area contributed by atoms with Gasteiger partial charge in [0.1, 0.15) is 5.84 Å². The summed E-state index contributed by atoms with van der Waals surface area (Å²) < 4.78 is 0. The maximum Gasteiger partial charge on any atom is 0.312 e. The first-order valence-corrected chi connectivity index (χ1v) is 10.8. The highest BCUT2D eigenvalue weighted by Gasteiger charge is 2.45. The topological polar surface area (TPSA) is 166 Å². The second kappa shape index (κ2) is 10.6. The number of carbonyl (C=O) groups is 4. The predicted molar refractivity (Wildman–Crippen MR) is 124 cm³/mol. The Morgan fingerprint density at radius 2 is 1.74 bits per heavy atom. The second-order valence-corrected chi connectivity index (χ2v) is 8.03. The normalized spacial score (nSPS) is 15.2. The number of amidine groups is 1. The van der Waals surface area contributed by atoms with Gasteiger partial charge in [-0.3, -0.25) is 24.6 Å². The Morgan fingerprint density at radius 3 is 2.35 bits per heavy atom. The van der Waals surface area contributed by atoms with Crippen LogP contribution in [0.4, 0.5) is 0 Å². The minimum Gasteiger partial charge on any atom is -0.481 e. The number of nitrogens with two attached hydrogens (primary N) is 1. The van der Waals surface area contributed by atoms with Gasteiger partial charge in [-0.15, -0.1) is 0 Å². The fourth-order valence-corrected chi connectivity index (χ4v) is 4.19. The Balaban J connectivity index is 1.78. The molecule has 0 aliphatic carbocycles. The molecule has 1 unspecified atom stereocenters. The number of carbonyl (C=O) groups excluding carboxylic acids is 3. The monoisotopic (exact) mass is 465 g/mol. The zero-order chi connectivity index (χ0) is 24.7. The van der Waals surface area contributed by atoms with Crippen LogP contribution in [0, 0.1) is 5.41 Å². The molecule has 10 nitrogen and oxygen atoms in total. The molecule has 0 spiro atoms. The van der Waals surface area contributed by atoms with Crippen molar-refractivity contribution >= 4 is 29.5 Å². The summed E-state index contributed by atoms with van der Waals surface area (Å²) in [5.74, 6) is -3.06. The van der Waals surface area contributed by atoms with Crippen molar-refractivity contribution in [2.24, 2.45) is 5.73 Å². The molecule has 34 heavy (non-hydrogen) atoms. The van der Waals surface area contributed by atoms with E-state index in [2.05, 4.69) is 10.6 Å². The Bertz CT molecular complexity index is 1090. The molecular formula is C24H27N5O5. The van der Waals surface area contributed by atoms with E-state index in [1.165, 1.54) is 4.90 Å². The number of piperazine rings is 1. The van der Waals surface area contributed by atoms with Crippen LogP contribution in [0.25, 0.3) is 0 Å². The van der Waals surface area contributed by atoms with Crippen LogP contribution in [0.15, 0.2) is 54.6 Å². The molecule has 1 fully saturated rings. The highest BCUT2D eigenvalue weighted by atomic mass is 16.4. The molecule has 0 aromatic heterocycles. The minimum atomic E-state index is -1.24. The fourth-order valence-electron chi connectivity index (χ4n) is 4.19. The van der Waals surface area contributed by atoms with Gasteiger partial charge < -0.3 is 26.4 Å². The molecule has 6 N–H and O–H groups in total. The van der Waals surface area contributed by atoms with E-state index in [1.54, 1.807) is 54.6 Å². The number of amides is 3. The average Bonchev–Trinajstić information content (AvgIpc) is 2.83. The molecule has 2 aromatic carbocycles. The quantitative estimate of drug-likeness (QED) is 0.151. The smallest absolute Gasteiger partial charge is 0.312 e. The first-order chi connectivity index (χ1) is 16.2. The molecule has 1 saturated heterocycles. The van der Waals surface area contributed by atoms with Gasteiger partial charge in [0.15, 0.2) is 0 Å². The van der Waals surface area contributed by atoms with Crippen LogP contribution in [0.2, 0.25) is 0 Å². The summed E-state index contributed by atoms with van der Waals surface area (Å²) in [7, 11) is 0. The van der Waals surface area contributed by atoms with Gasteiger partial charge in [-0.1, -0.05) is 42.5 Å². The van der Waals surface area contributed by atoms with Crippen molar-refractivity contribution in [2.75, 3.05) is 19.6 Å². The zero-order valence-corrected chi connectivity index (χ0v) is 18.5. The third-order valence-corrected chi connectivity index (χ3v) is 5.84. The summed E-state index contributed by atoms with van der Waals surface area (Å²) in [5, 5.41) is 22.4. The highest BCUT2D eigenvalue weighted by molar-refractivity contribution is 6.35. The van der Waals surface area contributed by atoms with E-state index in [0.717, 1.165) is 0 Å². The van der Waals surface area contributed by atoms with E-state index in [9.17, 15) is 24.3 Å². The van der Waals surface area contributed by atoms with Crippen LogP contribution in [-0.4, -0.2) is 59.2 Å². The van der Waals surface area contributed by atoms with Crippen molar-refractivity contribution in [2.45, 2.75) is 24.8 Å². The number of nitrogens with one attached hydrogen (secondary N) is 3. The molecule has 3 amide bonds. The van der Waals surface area contributed by atoms with Crippen LogP contribution in [0.3, 0.4) is 0 Å². The van der Waals surface area contributed by atoms with Crippen molar-refractivity contribution in [3.63, 3.8) is 0 Å². The van der Waals surface area contributed by atoms with Gasteiger partial charge in [0.05, 0.1) is 12.0 Å². The van der Waals surface area contributed by atoms with Gasteiger partial charge in [-0.2, -0.15) is 0 Å². The molecule has 10 heteroatoms. The average molecular weight is 466 g/mol. The molecule has 1 aliphatic heterocycles. The van der Waals surface area contributed by atoms with Gasteiger partial charge in [0.25, 0.3) is 5.91 Å². The second-order valence-electron chi connectivity index (χ2n) is 8.03. The lowest BCUT2D eigenvalue weighted by Gasteiger charge is -2.45. The van der Waals surface area contributed by atoms with Gasteiger partial charge >= 0.3 is 17.8 Å². The molecular weight excluding hydrogens is 438 g/mol. The Hall–Kier alpha value is -4.21. The van der Waals surface area contributed by atoms with E-state index in [-0.39, 0.29) is 44.2 Å². The number of hydrogen-bond acceptors (Lipinski definition) is 5. The number of hydrogen-bond donors (Lipinski definition) is 5. The van der Waals surface area contributed by atoms with E-state index >= 15 is 0 Å². The Kier molecular flexibility index (Phi) is 7.62. The van der Waals surface area contributed by atoms with Crippen molar-refractivity contribution in [3.05, 3.63) is 71.3 Å². The predicted octanol–water partition coefficient (Wildman–Crippen LogP) is 0.809. The summed E-state index contributed by atoms with van der Waals surface area (Å²) in [6, 6.07) is 15.1. The number of nitrogens with zero attached hydrogens (tertiary/aromatic N) is 1. The number of carboxylic acids is 1. The Labute approximate surface area is 196 Å². The fraction of sp³-hybridized carbons (Fsp3) is 0.292. The van der Waals surface area contributed by atoms with Crippen molar-refractivity contribution in [3.8, 4) is 0 Å². The first-order valence-electron chi connectivity index (χ1n) is 10.8. The summed E-state index contributed by atoms with van der Waals surface area (Å²) in [5.41, 5.74) is 5.71.